The van der Waals surface area contributed by atoms with Gasteiger partial charge in [0.1, 0.15) is 5.82 Å². The zero-order valence-corrected chi connectivity index (χ0v) is 10.4. The molecule has 1 rings (SSSR count). The van der Waals surface area contributed by atoms with Crippen molar-refractivity contribution in [3.05, 3.63) is 34.1 Å². The van der Waals surface area contributed by atoms with Gasteiger partial charge in [-0.05, 0) is 23.8 Å². The van der Waals surface area contributed by atoms with Gasteiger partial charge >= 0.3 is 0 Å². The summed E-state index contributed by atoms with van der Waals surface area (Å²) in [4.78, 5) is 0. The van der Waals surface area contributed by atoms with Crippen molar-refractivity contribution >= 4 is 27.7 Å². The van der Waals surface area contributed by atoms with E-state index < -0.39 is 0 Å². The van der Waals surface area contributed by atoms with Gasteiger partial charge < -0.3 is 5.73 Å². The van der Waals surface area contributed by atoms with Crippen molar-refractivity contribution in [3.8, 4) is 0 Å². The van der Waals surface area contributed by atoms with Crippen molar-refractivity contribution in [2.45, 2.75) is 17.9 Å². The third kappa shape index (κ3) is 3.59. The molecule has 0 aromatic heterocycles. The molecular weight excluding hydrogens is 265 g/mol. The minimum Gasteiger partial charge on any atom is -0.329 e. The van der Waals surface area contributed by atoms with Crippen molar-refractivity contribution < 1.29 is 4.39 Å². The first-order valence-corrected chi connectivity index (χ1v) is 6.23. The highest BCUT2D eigenvalue weighted by Crippen LogP contribution is 2.24. The summed E-state index contributed by atoms with van der Waals surface area (Å²) in [7, 11) is 0. The van der Waals surface area contributed by atoms with Crippen LogP contribution in [-0.4, -0.2) is 11.8 Å². The Balaban J connectivity index is 2.62. The number of thioether (sulfide) groups is 1. The smallest absolute Gasteiger partial charge is 0.123 e. The molecule has 2 N–H and O–H groups in total. The molecule has 0 amide bonds. The third-order valence-corrected chi connectivity index (χ3v) is 3.88. The SMILES string of the molecule is CC(CN)SCc1cc(F)ccc1Br. The van der Waals surface area contributed by atoms with Gasteiger partial charge in [-0.2, -0.15) is 11.8 Å². The van der Waals surface area contributed by atoms with Gasteiger partial charge in [-0.15, -0.1) is 0 Å². The van der Waals surface area contributed by atoms with Crippen LogP contribution in [0.15, 0.2) is 22.7 Å². The topological polar surface area (TPSA) is 26.0 Å². The number of nitrogens with two attached hydrogens (primary N) is 1. The second-order valence-corrected chi connectivity index (χ2v) is 5.37. The summed E-state index contributed by atoms with van der Waals surface area (Å²) >= 11 is 5.12. The van der Waals surface area contributed by atoms with E-state index in [9.17, 15) is 4.39 Å². The van der Waals surface area contributed by atoms with Crippen molar-refractivity contribution in [2.24, 2.45) is 5.73 Å². The summed E-state index contributed by atoms with van der Waals surface area (Å²) in [6.45, 7) is 2.72. The van der Waals surface area contributed by atoms with Gasteiger partial charge in [0.15, 0.2) is 0 Å². The molecule has 0 spiro atoms. The van der Waals surface area contributed by atoms with Crippen LogP contribution in [0.5, 0.6) is 0 Å². The van der Waals surface area contributed by atoms with Gasteiger partial charge in [-0.1, -0.05) is 22.9 Å². The van der Waals surface area contributed by atoms with Crippen LogP contribution in [0, 0.1) is 5.82 Å². The maximum Gasteiger partial charge on any atom is 0.123 e. The van der Waals surface area contributed by atoms with Crippen LogP contribution in [0.1, 0.15) is 12.5 Å². The Labute approximate surface area is 96.4 Å². The van der Waals surface area contributed by atoms with E-state index in [1.807, 2.05) is 0 Å². The Bertz CT molecular complexity index is 306. The molecule has 0 fully saturated rings. The van der Waals surface area contributed by atoms with E-state index in [4.69, 9.17) is 5.73 Å². The van der Waals surface area contributed by atoms with Gasteiger partial charge in [-0.25, -0.2) is 4.39 Å². The molecule has 4 heteroatoms. The molecule has 0 heterocycles. The Hall–Kier alpha value is -0.0600. The molecule has 0 saturated carbocycles. The Morgan fingerprint density at radius 3 is 2.93 bits per heavy atom. The summed E-state index contributed by atoms with van der Waals surface area (Å²) < 4.78 is 13.9. The highest BCUT2D eigenvalue weighted by Gasteiger charge is 2.04. The van der Waals surface area contributed by atoms with Gasteiger partial charge in [0, 0.05) is 22.0 Å². The Kier molecular flexibility index (Phi) is 4.92. The summed E-state index contributed by atoms with van der Waals surface area (Å²) in [5.74, 6) is 0.598. The maximum atomic E-state index is 12.9. The molecule has 0 aliphatic rings. The van der Waals surface area contributed by atoms with Crippen molar-refractivity contribution in [1.29, 1.82) is 0 Å². The average molecular weight is 278 g/mol. The highest BCUT2D eigenvalue weighted by molar-refractivity contribution is 9.10. The molecule has 1 aromatic carbocycles. The van der Waals surface area contributed by atoms with Crippen LogP contribution in [0.4, 0.5) is 4.39 Å². The molecule has 0 saturated heterocycles. The van der Waals surface area contributed by atoms with Gasteiger partial charge in [-0.3, -0.25) is 0 Å². The number of hydrogen-bond acceptors (Lipinski definition) is 2. The number of benzene rings is 1. The fourth-order valence-corrected chi connectivity index (χ4v) is 2.37. The molecule has 0 aliphatic carbocycles. The number of hydrogen-bond donors (Lipinski definition) is 1. The van der Waals surface area contributed by atoms with Gasteiger partial charge in [0.25, 0.3) is 0 Å². The van der Waals surface area contributed by atoms with Crippen LogP contribution >= 0.6 is 27.7 Å². The molecule has 1 unspecified atom stereocenters. The van der Waals surface area contributed by atoms with Crippen molar-refractivity contribution in [3.63, 3.8) is 0 Å². The Morgan fingerprint density at radius 2 is 2.29 bits per heavy atom. The normalized spacial score (nSPS) is 12.9. The Morgan fingerprint density at radius 1 is 1.57 bits per heavy atom. The second kappa shape index (κ2) is 5.73. The van der Waals surface area contributed by atoms with Crippen LogP contribution < -0.4 is 5.73 Å². The highest BCUT2D eigenvalue weighted by atomic mass is 79.9. The van der Waals surface area contributed by atoms with E-state index in [2.05, 4.69) is 22.9 Å². The summed E-state index contributed by atoms with van der Waals surface area (Å²) in [6, 6.07) is 4.74. The predicted octanol–water partition coefficient (Wildman–Crippen LogP) is 3.17. The van der Waals surface area contributed by atoms with E-state index in [-0.39, 0.29) is 5.82 Å². The molecule has 1 atom stereocenters. The first-order chi connectivity index (χ1) is 6.63. The average Bonchev–Trinajstić information content (AvgIpc) is 2.19. The monoisotopic (exact) mass is 277 g/mol. The largest absolute Gasteiger partial charge is 0.329 e. The lowest BCUT2D eigenvalue weighted by atomic mass is 10.2. The summed E-state index contributed by atoms with van der Waals surface area (Å²) in [6.07, 6.45) is 0. The lowest BCUT2D eigenvalue weighted by Crippen LogP contribution is -2.12. The van der Waals surface area contributed by atoms with Crippen LogP contribution in [0.2, 0.25) is 0 Å². The van der Waals surface area contributed by atoms with Crippen molar-refractivity contribution in [2.75, 3.05) is 6.54 Å². The maximum absolute atomic E-state index is 12.9. The standard InChI is InChI=1S/C10H13BrFNS/c1-7(5-13)14-6-8-4-9(12)2-3-10(8)11/h2-4,7H,5-6,13H2,1H3. The molecule has 1 aromatic rings. The quantitative estimate of drug-likeness (QED) is 0.915. The molecule has 1 nitrogen and oxygen atoms in total. The molecule has 78 valence electrons. The van der Waals surface area contributed by atoms with Crippen molar-refractivity contribution in [1.82, 2.24) is 0 Å². The molecule has 14 heavy (non-hydrogen) atoms. The molecule has 0 aliphatic heterocycles. The zero-order valence-electron chi connectivity index (χ0n) is 7.97. The zero-order chi connectivity index (χ0) is 10.6. The predicted molar refractivity (Wildman–Crippen MR) is 63.9 cm³/mol. The summed E-state index contributed by atoms with van der Waals surface area (Å²) in [5, 5.41) is 0.408. The van der Waals surface area contributed by atoms with E-state index in [1.165, 1.54) is 6.07 Å². The van der Waals surface area contributed by atoms with E-state index in [0.29, 0.717) is 11.8 Å². The van der Waals surface area contributed by atoms with Crippen LogP contribution in [0.3, 0.4) is 0 Å². The minimum absolute atomic E-state index is 0.191. The van der Waals surface area contributed by atoms with E-state index >= 15 is 0 Å². The number of rotatable bonds is 4. The van der Waals surface area contributed by atoms with E-state index in [1.54, 1.807) is 23.9 Å². The second-order valence-electron chi connectivity index (χ2n) is 3.09. The van der Waals surface area contributed by atoms with Crippen LogP contribution in [-0.2, 0) is 5.75 Å². The fraction of sp³-hybridized carbons (Fsp3) is 0.400. The lowest BCUT2D eigenvalue weighted by molar-refractivity contribution is 0.626. The molecule has 0 radical (unpaired) electrons. The van der Waals surface area contributed by atoms with Gasteiger partial charge in [0.05, 0.1) is 0 Å². The summed E-state index contributed by atoms with van der Waals surface area (Å²) in [5.41, 5.74) is 6.48. The molecular formula is C10H13BrFNS. The van der Waals surface area contributed by atoms with E-state index in [0.717, 1.165) is 15.8 Å². The van der Waals surface area contributed by atoms with Gasteiger partial charge in [0.2, 0.25) is 0 Å². The molecule has 0 bridgehead atoms. The first kappa shape index (κ1) is 12.0. The number of halogens is 2. The fourth-order valence-electron chi connectivity index (χ4n) is 0.954. The first-order valence-electron chi connectivity index (χ1n) is 4.39. The third-order valence-electron chi connectivity index (χ3n) is 1.86. The van der Waals surface area contributed by atoms with Crippen LogP contribution in [0.25, 0.3) is 0 Å². The lowest BCUT2D eigenvalue weighted by Gasteiger charge is -2.09. The minimum atomic E-state index is -0.191.